The second-order valence-electron chi connectivity index (χ2n) is 5.95. The average Bonchev–Trinajstić information content (AvgIpc) is 2.67. The Balaban J connectivity index is 1.77. The Labute approximate surface area is 119 Å². The molecule has 2 heteroatoms. The summed E-state index contributed by atoms with van der Waals surface area (Å²) in [5.41, 5.74) is 1.96. The van der Waals surface area contributed by atoms with E-state index in [-0.39, 0.29) is 0 Å². The molecule has 0 amide bonds. The monoisotopic (exact) mass is 307 g/mol. The van der Waals surface area contributed by atoms with E-state index in [1.165, 1.54) is 50.6 Å². The summed E-state index contributed by atoms with van der Waals surface area (Å²) in [6, 6.07) is 10.9. The van der Waals surface area contributed by atoms with E-state index in [2.05, 4.69) is 51.2 Å². The van der Waals surface area contributed by atoms with Gasteiger partial charge in [-0.3, -0.25) is 4.90 Å². The summed E-state index contributed by atoms with van der Waals surface area (Å²) in [6.45, 7) is 2.35. The van der Waals surface area contributed by atoms with Crippen molar-refractivity contribution in [1.29, 1.82) is 0 Å². The molecule has 2 aliphatic rings. The predicted octanol–water partition coefficient (Wildman–Crippen LogP) is 4.36. The van der Waals surface area contributed by atoms with Crippen molar-refractivity contribution in [2.24, 2.45) is 0 Å². The first-order valence-corrected chi connectivity index (χ1v) is 8.13. The van der Waals surface area contributed by atoms with Crippen LogP contribution in [0, 0.1) is 0 Å². The van der Waals surface area contributed by atoms with Gasteiger partial charge in [0.2, 0.25) is 0 Å². The van der Waals surface area contributed by atoms with Crippen molar-refractivity contribution >= 4 is 15.9 Å². The number of benzene rings is 1. The van der Waals surface area contributed by atoms with Crippen molar-refractivity contribution in [2.75, 3.05) is 6.54 Å². The van der Waals surface area contributed by atoms with E-state index in [9.17, 15) is 0 Å². The zero-order valence-corrected chi connectivity index (χ0v) is 12.5. The van der Waals surface area contributed by atoms with E-state index in [1.54, 1.807) is 0 Å². The molecule has 1 nitrogen and oxygen atoms in total. The van der Waals surface area contributed by atoms with Crippen LogP contribution >= 0.6 is 15.9 Å². The fraction of sp³-hybridized carbons (Fsp3) is 0.625. The van der Waals surface area contributed by atoms with Gasteiger partial charge in [0, 0.05) is 23.5 Å². The average molecular weight is 308 g/mol. The number of alkyl halides is 1. The minimum absolute atomic E-state index is 0.502. The molecule has 1 aliphatic carbocycles. The van der Waals surface area contributed by atoms with Crippen molar-refractivity contribution < 1.29 is 0 Å². The minimum atomic E-state index is 0.502. The van der Waals surface area contributed by atoms with Crippen LogP contribution in [-0.4, -0.2) is 21.8 Å². The number of nitrogens with zero attached hydrogens (tertiary/aromatic N) is 1. The maximum atomic E-state index is 3.86. The molecule has 1 atom stereocenters. The zero-order valence-electron chi connectivity index (χ0n) is 10.9. The highest BCUT2D eigenvalue weighted by molar-refractivity contribution is 9.09. The first kappa shape index (κ1) is 12.7. The zero-order chi connectivity index (χ0) is 12.4. The number of likely N-dealkylation sites (tertiary alicyclic amines) is 1. The molecule has 1 aromatic carbocycles. The summed E-state index contributed by atoms with van der Waals surface area (Å²) in [5.74, 6) is 0. The number of halogens is 1. The van der Waals surface area contributed by atoms with Gasteiger partial charge < -0.3 is 0 Å². The lowest BCUT2D eigenvalue weighted by Crippen LogP contribution is -2.44. The maximum Gasteiger partial charge on any atom is 0.0291 e. The molecule has 0 radical (unpaired) electrons. The largest absolute Gasteiger partial charge is 0.292 e. The van der Waals surface area contributed by atoms with Crippen LogP contribution in [0.15, 0.2) is 30.3 Å². The van der Waals surface area contributed by atoms with Crippen molar-refractivity contribution in [3.63, 3.8) is 0 Å². The Morgan fingerprint density at radius 1 is 1.11 bits per heavy atom. The van der Waals surface area contributed by atoms with Crippen LogP contribution in [0.2, 0.25) is 0 Å². The van der Waals surface area contributed by atoms with E-state index in [4.69, 9.17) is 0 Å². The molecule has 1 heterocycles. The Morgan fingerprint density at radius 3 is 2.56 bits per heavy atom. The Morgan fingerprint density at radius 2 is 1.83 bits per heavy atom. The van der Waals surface area contributed by atoms with E-state index >= 15 is 0 Å². The minimum Gasteiger partial charge on any atom is -0.292 e. The van der Waals surface area contributed by atoms with Gasteiger partial charge >= 0.3 is 0 Å². The van der Waals surface area contributed by atoms with Gasteiger partial charge in [-0.15, -0.1) is 0 Å². The van der Waals surface area contributed by atoms with Crippen LogP contribution < -0.4 is 0 Å². The third-order valence-corrected chi connectivity index (χ3v) is 5.30. The van der Waals surface area contributed by atoms with Gasteiger partial charge in [0.25, 0.3) is 0 Å². The normalized spacial score (nSPS) is 27.7. The van der Waals surface area contributed by atoms with Crippen LogP contribution in [0.4, 0.5) is 0 Å². The Hall–Kier alpha value is -0.340. The molecule has 0 aromatic heterocycles. The summed E-state index contributed by atoms with van der Waals surface area (Å²) in [6.07, 6.45) is 8.44. The molecule has 0 bridgehead atoms. The van der Waals surface area contributed by atoms with Crippen LogP contribution in [-0.2, 0) is 6.54 Å². The summed E-state index contributed by atoms with van der Waals surface area (Å²) in [7, 11) is 0. The molecule has 98 valence electrons. The maximum absolute atomic E-state index is 3.86. The van der Waals surface area contributed by atoms with Gasteiger partial charge in [-0.05, 0) is 24.8 Å². The standard InChI is InChI=1S/C16H22BrN/c17-15-11-16(9-5-2-6-10-16)18(13-15)12-14-7-3-1-4-8-14/h1,3-4,7-8,15H,2,5-6,9-13H2. The lowest BCUT2D eigenvalue weighted by Gasteiger charge is -2.41. The molecular formula is C16H22BrN. The van der Waals surface area contributed by atoms with Crippen molar-refractivity contribution in [1.82, 2.24) is 4.90 Å². The molecule has 3 rings (SSSR count). The first-order valence-electron chi connectivity index (χ1n) is 7.22. The van der Waals surface area contributed by atoms with Gasteiger partial charge in [-0.2, -0.15) is 0 Å². The second kappa shape index (κ2) is 5.34. The van der Waals surface area contributed by atoms with Crippen LogP contribution in [0.1, 0.15) is 44.1 Å². The molecular weight excluding hydrogens is 286 g/mol. The summed E-state index contributed by atoms with van der Waals surface area (Å²) in [5, 5.41) is 0. The molecule has 1 unspecified atom stereocenters. The number of rotatable bonds is 2. The van der Waals surface area contributed by atoms with Crippen LogP contribution in [0.25, 0.3) is 0 Å². The quantitative estimate of drug-likeness (QED) is 0.734. The topological polar surface area (TPSA) is 3.24 Å². The highest BCUT2D eigenvalue weighted by Gasteiger charge is 2.44. The van der Waals surface area contributed by atoms with Gasteiger partial charge in [0.15, 0.2) is 0 Å². The molecule has 1 saturated carbocycles. The third-order valence-electron chi connectivity index (χ3n) is 4.69. The lowest BCUT2D eigenvalue weighted by molar-refractivity contribution is 0.0859. The fourth-order valence-corrected chi connectivity index (χ4v) is 4.76. The second-order valence-corrected chi connectivity index (χ2v) is 7.25. The SMILES string of the molecule is BrC1CN(Cc2ccccc2)C2(CCCCC2)C1. The first-order chi connectivity index (χ1) is 8.78. The van der Waals surface area contributed by atoms with E-state index in [1.807, 2.05) is 0 Å². The molecule has 1 aliphatic heterocycles. The van der Waals surface area contributed by atoms with Gasteiger partial charge in [0.1, 0.15) is 0 Å². The van der Waals surface area contributed by atoms with Crippen molar-refractivity contribution in [3.05, 3.63) is 35.9 Å². The fourth-order valence-electron chi connectivity index (χ4n) is 3.81. The smallest absolute Gasteiger partial charge is 0.0291 e. The molecule has 0 N–H and O–H groups in total. The van der Waals surface area contributed by atoms with E-state index in [0.29, 0.717) is 10.4 Å². The summed E-state index contributed by atoms with van der Waals surface area (Å²) in [4.78, 5) is 3.44. The molecule has 1 aromatic rings. The van der Waals surface area contributed by atoms with Crippen LogP contribution in [0.3, 0.4) is 0 Å². The molecule has 1 spiro atoms. The summed E-state index contributed by atoms with van der Waals surface area (Å²) < 4.78 is 0. The van der Waals surface area contributed by atoms with Gasteiger partial charge in [-0.25, -0.2) is 0 Å². The Kier molecular flexibility index (Phi) is 3.76. The van der Waals surface area contributed by atoms with E-state index in [0.717, 1.165) is 6.54 Å². The molecule has 18 heavy (non-hydrogen) atoms. The number of hydrogen-bond acceptors (Lipinski definition) is 1. The van der Waals surface area contributed by atoms with Gasteiger partial charge in [0.05, 0.1) is 0 Å². The number of hydrogen-bond donors (Lipinski definition) is 0. The highest BCUT2D eigenvalue weighted by atomic mass is 79.9. The molecule has 2 fully saturated rings. The van der Waals surface area contributed by atoms with Crippen molar-refractivity contribution in [3.8, 4) is 0 Å². The molecule has 1 saturated heterocycles. The summed E-state index contributed by atoms with van der Waals surface area (Å²) >= 11 is 3.86. The van der Waals surface area contributed by atoms with Crippen molar-refractivity contribution in [2.45, 2.75) is 55.4 Å². The predicted molar refractivity (Wildman–Crippen MR) is 80.0 cm³/mol. The third kappa shape index (κ3) is 2.50. The van der Waals surface area contributed by atoms with E-state index < -0.39 is 0 Å². The highest BCUT2D eigenvalue weighted by Crippen LogP contribution is 2.44. The van der Waals surface area contributed by atoms with Crippen LogP contribution in [0.5, 0.6) is 0 Å². The Bertz CT molecular complexity index is 383. The lowest BCUT2D eigenvalue weighted by atomic mass is 9.79. The van der Waals surface area contributed by atoms with Gasteiger partial charge in [-0.1, -0.05) is 65.5 Å².